The van der Waals surface area contributed by atoms with Gasteiger partial charge in [-0.3, -0.25) is 4.79 Å². The number of hydrogen-bond acceptors (Lipinski definition) is 4. The van der Waals surface area contributed by atoms with E-state index in [-0.39, 0.29) is 10.6 Å². The minimum atomic E-state index is -4.16. The van der Waals surface area contributed by atoms with Crippen molar-refractivity contribution in [2.75, 3.05) is 4.31 Å². The van der Waals surface area contributed by atoms with Crippen LogP contribution < -0.4 is 9.04 Å². The van der Waals surface area contributed by atoms with Crippen LogP contribution in [0.2, 0.25) is 0 Å². The number of unbranched alkanes of at least 4 members (excludes halogenated alkanes) is 1. The Labute approximate surface area is 219 Å². The first-order chi connectivity index (χ1) is 17.9. The van der Waals surface area contributed by atoms with Gasteiger partial charge in [-0.1, -0.05) is 86.1 Å². The number of nitrogens with zero attached hydrogens (tertiary/aromatic N) is 1. The average molecular weight is 514 g/mol. The standard InChI is InChI=1S/C31H31NO4S/c1-3-4-11-25-16-20-28(21-17-25)32(37(34,35)30-14-9-6-10-15-30)31(33)24(2)36-29-22-18-27(19-23-29)26-12-7-5-8-13-26/h5-10,12-24H,3-4,11H2,1-2H3. The van der Waals surface area contributed by atoms with Crippen molar-refractivity contribution in [3.63, 3.8) is 0 Å². The van der Waals surface area contributed by atoms with Gasteiger partial charge in [-0.05, 0) is 72.9 Å². The topological polar surface area (TPSA) is 63.7 Å². The number of benzene rings is 4. The number of carbonyl (C=O) groups excluding carboxylic acids is 1. The van der Waals surface area contributed by atoms with E-state index in [9.17, 15) is 13.2 Å². The first kappa shape index (κ1) is 26.2. The van der Waals surface area contributed by atoms with E-state index in [0.717, 1.165) is 40.3 Å². The van der Waals surface area contributed by atoms with E-state index in [2.05, 4.69) is 6.92 Å². The highest BCUT2D eigenvalue weighted by Crippen LogP contribution is 2.27. The molecule has 0 aliphatic carbocycles. The van der Waals surface area contributed by atoms with Gasteiger partial charge in [-0.15, -0.1) is 0 Å². The number of anilines is 1. The Morgan fingerprint density at radius 2 is 1.35 bits per heavy atom. The molecule has 5 nitrogen and oxygen atoms in total. The third-order valence-electron chi connectivity index (χ3n) is 6.09. The first-order valence-corrected chi connectivity index (χ1v) is 13.9. The fraction of sp³-hybridized carbons (Fsp3) is 0.194. The minimum Gasteiger partial charge on any atom is -0.481 e. The van der Waals surface area contributed by atoms with Gasteiger partial charge in [0.1, 0.15) is 5.75 Å². The number of hydrogen-bond donors (Lipinski definition) is 0. The van der Waals surface area contributed by atoms with E-state index in [0.29, 0.717) is 5.75 Å². The molecule has 1 atom stereocenters. The largest absolute Gasteiger partial charge is 0.481 e. The molecule has 0 radical (unpaired) electrons. The van der Waals surface area contributed by atoms with Gasteiger partial charge in [0, 0.05) is 0 Å². The van der Waals surface area contributed by atoms with Crippen LogP contribution in [0.5, 0.6) is 5.75 Å². The number of sulfonamides is 1. The Hall–Kier alpha value is -3.90. The molecular formula is C31H31NO4S. The van der Waals surface area contributed by atoms with Crippen LogP contribution in [0.1, 0.15) is 32.3 Å². The van der Waals surface area contributed by atoms with Crippen LogP contribution in [0.25, 0.3) is 11.1 Å². The van der Waals surface area contributed by atoms with Gasteiger partial charge in [0.2, 0.25) is 0 Å². The Balaban J connectivity index is 1.60. The molecule has 0 N–H and O–H groups in total. The summed E-state index contributed by atoms with van der Waals surface area (Å²) >= 11 is 0. The number of rotatable bonds is 10. The average Bonchev–Trinajstić information content (AvgIpc) is 2.94. The maximum absolute atomic E-state index is 13.6. The van der Waals surface area contributed by atoms with Crippen molar-refractivity contribution in [3.05, 3.63) is 115 Å². The van der Waals surface area contributed by atoms with Gasteiger partial charge in [-0.2, -0.15) is 4.31 Å². The summed E-state index contributed by atoms with van der Waals surface area (Å²) in [5, 5.41) is 0. The number of amides is 1. The molecule has 6 heteroatoms. The van der Waals surface area contributed by atoms with E-state index in [1.165, 1.54) is 12.1 Å². The summed E-state index contributed by atoms with van der Waals surface area (Å²) in [5.41, 5.74) is 3.46. The maximum Gasteiger partial charge on any atom is 0.281 e. The second kappa shape index (κ2) is 11.9. The highest BCUT2D eigenvalue weighted by Gasteiger charge is 2.34. The predicted octanol–water partition coefficient (Wildman–Crippen LogP) is 6.89. The molecule has 1 amide bonds. The van der Waals surface area contributed by atoms with E-state index in [4.69, 9.17) is 4.74 Å². The quantitative estimate of drug-likeness (QED) is 0.232. The zero-order valence-electron chi connectivity index (χ0n) is 21.1. The molecule has 0 aliphatic rings. The molecule has 4 rings (SSSR count). The maximum atomic E-state index is 13.6. The Kier molecular flexibility index (Phi) is 8.41. The second-order valence-corrected chi connectivity index (χ2v) is 10.6. The number of ether oxygens (including phenoxy) is 1. The van der Waals surface area contributed by atoms with Crippen molar-refractivity contribution in [2.45, 2.75) is 44.1 Å². The molecule has 4 aromatic rings. The summed E-state index contributed by atoms with van der Waals surface area (Å²) in [7, 11) is -4.16. The van der Waals surface area contributed by atoms with Crippen molar-refractivity contribution in [1.29, 1.82) is 0 Å². The molecule has 37 heavy (non-hydrogen) atoms. The van der Waals surface area contributed by atoms with Crippen LogP contribution in [0.15, 0.2) is 114 Å². The molecule has 4 aromatic carbocycles. The minimum absolute atomic E-state index is 0.0397. The highest BCUT2D eigenvalue weighted by molar-refractivity contribution is 7.93. The lowest BCUT2D eigenvalue weighted by molar-refractivity contribution is -0.123. The molecule has 0 heterocycles. The van der Waals surface area contributed by atoms with Gasteiger partial charge in [0.05, 0.1) is 10.6 Å². The SMILES string of the molecule is CCCCc1ccc(N(C(=O)C(C)Oc2ccc(-c3ccccc3)cc2)S(=O)(=O)c2ccccc2)cc1. The third kappa shape index (κ3) is 6.27. The number of carbonyl (C=O) groups is 1. The lowest BCUT2D eigenvalue weighted by Gasteiger charge is -2.26. The lowest BCUT2D eigenvalue weighted by atomic mass is 10.1. The van der Waals surface area contributed by atoms with Crippen molar-refractivity contribution in [3.8, 4) is 16.9 Å². The van der Waals surface area contributed by atoms with E-state index >= 15 is 0 Å². The Bertz CT molecular complexity index is 1400. The van der Waals surface area contributed by atoms with Gasteiger partial charge in [-0.25, -0.2) is 8.42 Å². The summed E-state index contributed by atoms with van der Waals surface area (Å²) < 4.78 is 34.1. The molecule has 0 aromatic heterocycles. The summed E-state index contributed by atoms with van der Waals surface area (Å²) in [5.74, 6) is -0.190. The van der Waals surface area contributed by atoms with E-state index < -0.39 is 22.0 Å². The van der Waals surface area contributed by atoms with Gasteiger partial charge >= 0.3 is 0 Å². The predicted molar refractivity (Wildman–Crippen MR) is 148 cm³/mol. The van der Waals surface area contributed by atoms with Crippen LogP contribution in [-0.2, 0) is 21.2 Å². The van der Waals surface area contributed by atoms with Crippen LogP contribution in [0, 0.1) is 0 Å². The Morgan fingerprint density at radius 1 is 0.784 bits per heavy atom. The zero-order valence-corrected chi connectivity index (χ0v) is 21.9. The van der Waals surface area contributed by atoms with Gasteiger partial charge in [0.15, 0.2) is 6.10 Å². The van der Waals surface area contributed by atoms with Crippen LogP contribution >= 0.6 is 0 Å². The van der Waals surface area contributed by atoms with Crippen LogP contribution in [0.3, 0.4) is 0 Å². The summed E-state index contributed by atoms with van der Waals surface area (Å²) in [6.07, 6.45) is 1.96. The van der Waals surface area contributed by atoms with Crippen LogP contribution in [0.4, 0.5) is 5.69 Å². The van der Waals surface area contributed by atoms with Gasteiger partial charge < -0.3 is 4.74 Å². The molecule has 0 spiro atoms. The monoisotopic (exact) mass is 513 g/mol. The van der Waals surface area contributed by atoms with Crippen molar-refractivity contribution >= 4 is 21.6 Å². The summed E-state index contributed by atoms with van der Waals surface area (Å²) in [4.78, 5) is 13.7. The fourth-order valence-corrected chi connectivity index (χ4v) is 5.53. The molecule has 0 aliphatic heterocycles. The van der Waals surface area contributed by atoms with Crippen LogP contribution in [-0.4, -0.2) is 20.4 Å². The molecule has 0 saturated carbocycles. The first-order valence-electron chi connectivity index (χ1n) is 12.5. The molecule has 0 saturated heterocycles. The van der Waals surface area contributed by atoms with E-state index in [1.807, 2.05) is 54.6 Å². The lowest BCUT2D eigenvalue weighted by Crippen LogP contribution is -2.44. The second-order valence-electron chi connectivity index (χ2n) is 8.84. The zero-order chi connectivity index (χ0) is 26.3. The van der Waals surface area contributed by atoms with Crippen molar-refractivity contribution in [1.82, 2.24) is 0 Å². The normalized spacial score (nSPS) is 12.1. The molecule has 0 bridgehead atoms. The highest BCUT2D eigenvalue weighted by atomic mass is 32.2. The Morgan fingerprint density at radius 3 is 1.95 bits per heavy atom. The van der Waals surface area contributed by atoms with Crippen molar-refractivity contribution < 1.29 is 17.9 Å². The number of aryl methyl sites for hydroxylation is 1. The van der Waals surface area contributed by atoms with E-state index in [1.54, 1.807) is 49.4 Å². The van der Waals surface area contributed by atoms with Crippen molar-refractivity contribution in [2.24, 2.45) is 0 Å². The molecule has 190 valence electrons. The third-order valence-corrected chi connectivity index (χ3v) is 7.83. The smallest absolute Gasteiger partial charge is 0.281 e. The fourth-order valence-electron chi connectivity index (χ4n) is 4.04. The van der Waals surface area contributed by atoms with Gasteiger partial charge in [0.25, 0.3) is 15.9 Å². The summed E-state index contributed by atoms with van der Waals surface area (Å²) in [6, 6.07) is 32.4. The molecule has 1 unspecified atom stereocenters. The summed E-state index contributed by atoms with van der Waals surface area (Å²) in [6.45, 7) is 3.69. The molecule has 0 fully saturated rings. The molecular weight excluding hydrogens is 482 g/mol.